The summed E-state index contributed by atoms with van der Waals surface area (Å²) >= 11 is 19.3. The molecule has 0 saturated heterocycles. The van der Waals surface area contributed by atoms with E-state index in [0.717, 1.165) is 0 Å². The molecule has 19 heavy (non-hydrogen) atoms. The molecule has 0 atom stereocenters. The molecule has 0 radical (unpaired) electrons. The van der Waals surface area contributed by atoms with Crippen molar-refractivity contribution in [1.82, 2.24) is 0 Å². The van der Waals surface area contributed by atoms with Crippen molar-refractivity contribution in [1.29, 1.82) is 0 Å². The van der Waals surface area contributed by atoms with Gasteiger partial charge in [-0.05, 0) is 27.7 Å². The molecule has 0 saturated carbocycles. The largest absolute Gasteiger partial charge is 2.00 e. The summed E-state index contributed by atoms with van der Waals surface area (Å²) in [5.41, 5.74) is -4.55. The van der Waals surface area contributed by atoms with Crippen LogP contribution in [0.15, 0.2) is 0 Å². The van der Waals surface area contributed by atoms with Gasteiger partial charge in [-0.25, -0.2) is 0 Å². The van der Waals surface area contributed by atoms with Gasteiger partial charge in [-0.15, -0.1) is 0 Å². The monoisotopic (exact) mass is 428 g/mol. The third-order valence-electron chi connectivity index (χ3n) is 1.15. The van der Waals surface area contributed by atoms with Crippen LogP contribution in [0.25, 0.3) is 0 Å². The molecule has 0 bridgehead atoms. The third-order valence-corrected chi connectivity index (χ3v) is 5.98. The van der Waals surface area contributed by atoms with Gasteiger partial charge in [-0.3, -0.25) is 0 Å². The van der Waals surface area contributed by atoms with E-state index < -0.39 is 11.4 Å². The van der Waals surface area contributed by atoms with Crippen LogP contribution < -0.4 is 0 Å². The van der Waals surface area contributed by atoms with Crippen LogP contribution in [0.2, 0.25) is 0 Å². The Labute approximate surface area is 147 Å². The minimum absolute atomic E-state index is 0. The quantitative estimate of drug-likeness (QED) is 0.329. The summed E-state index contributed by atoms with van der Waals surface area (Å²) < 4.78 is 20.0. The molecule has 0 spiro atoms. The Balaban J connectivity index is -0.000000256. The van der Waals surface area contributed by atoms with E-state index in [1.807, 2.05) is 27.7 Å². The minimum atomic E-state index is -2.28. The number of hydrogen-bond donors (Lipinski definition) is 0. The molecule has 120 valence electrons. The molecule has 0 rings (SSSR count). The molecule has 0 aromatic rings. The first-order valence-electron chi connectivity index (χ1n) is 5.44. The van der Waals surface area contributed by atoms with Gasteiger partial charge in [-0.1, -0.05) is 23.6 Å². The molecule has 0 aliphatic heterocycles. The number of rotatable bonds is 8. The molecule has 0 aromatic carbocycles. The van der Waals surface area contributed by atoms with Gasteiger partial charge < -0.3 is 42.6 Å². The van der Waals surface area contributed by atoms with Gasteiger partial charge in [0.05, 0.1) is 11.4 Å². The van der Waals surface area contributed by atoms with Crippen LogP contribution in [-0.4, -0.2) is 26.4 Å². The topological polar surface area (TPSA) is 36.9 Å². The molecule has 11 heteroatoms. The van der Waals surface area contributed by atoms with Crippen molar-refractivity contribution < 1.29 is 34.6 Å². The van der Waals surface area contributed by atoms with Gasteiger partial charge in [0.1, 0.15) is 0 Å². The molecule has 0 aliphatic carbocycles. The molecule has 0 unspecified atom stereocenters. The van der Waals surface area contributed by atoms with Crippen molar-refractivity contribution >= 4 is 59.5 Å². The average molecular weight is 429 g/mol. The van der Waals surface area contributed by atoms with E-state index in [2.05, 4.69) is 0 Å². The summed E-state index contributed by atoms with van der Waals surface area (Å²) in [5.74, 6) is 0. The van der Waals surface area contributed by atoms with Crippen LogP contribution in [0.5, 0.6) is 0 Å². The zero-order chi connectivity index (χ0) is 14.7. The van der Waals surface area contributed by atoms with Gasteiger partial charge in [0.15, 0.2) is 0 Å². The van der Waals surface area contributed by atoms with Crippen LogP contribution in [0.4, 0.5) is 0 Å². The van der Waals surface area contributed by atoms with E-state index in [1.165, 1.54) is 0 Å². The Kier molecular flexibility index (Phi) is 21.0. The van der Waals surface area contributed by atoms with Gasteiger partial charge in [0.25, 0.3) is 0 Å². The fraction of sp³-hybridized carbons (Fsp3) is 1.00. The predicted octanol–water partition coefficient (Wildman–Crippen LogP) is 3.66. The van der Waals surface area contributed by atoms with Crippen LogP contribution >= 0.6 is 11.4 Å². The zero-order valence-corrected chi connectivity index (χ0v) is 17.3. The molecule has 0 aliphatic rings. The molecule has 0 heterocycles. The molecule has 0 aromatic heterocycles. The zero-order valence-electron chi connectivity index (χ0n) is 11.3. The first kappa shape index (κ1) is 26.2. The van der Waals surface area contributed by atoms with Crippen molar-refractivity contribution in [3.05, 3.63) is 0 Å². The summed E-state index contributed by atoms with van der Waals surface area (Å²) in [4.78, 5) is 0. The third kappa shape index (κ3) is 20.3. The Hall–Kier alpha value is 2.33. The maximum absolute atomic E-state index is 4.99. The molecule has 4 nitrogen and oxygen atoms in total. The van der Waals surface area contributed by atoms with Crippen LogP contribution in [0.1, 0.15) is 27.7 Å². The van der Waals surface area contributed by atoms with E-state index in [4.69, 9.17) is 66.2 Å². The normalized spacial score (nSPS) is 11.3. The Bertz CT molecular complexity index is 248. The van der Waals surface area contributed by atoms with Gasteiger partial charge in [0, 0.05) is 26.4 Å². The first-order valence-corrected chi connectivity index (χ1v) is 12.7. The second-order valence-electron chi connectivity index (χ2n) is 2.57. The van der Waals surface area contributed by atoms with E-state index in [-0.39, 0.29) is 16.5 Å². The van der Waals surface area contributed by atoms with Crippen molar-refractivity contribution in [2.75, 3.05) is 26.4 Å². The summed E-state index contributed by atoms with van der Waals surface area (Å²) in [6.45, 7) is 9.58. The predicted molar refractivity (Wildman–Crippen MR) is 89.8 cm³/mol. The second-order valence-corrected chi connectivity index (χ2v) is 12.5. The Morgan fingerprint density at radius 2 is 0.842 bits per heavy atom. The molecule has 0 amide bonds. The van der Waals surface area contributed by atoms with Crippen LogP contribution in [0.3, 0.4) is 0 Å². The summed E-state index contributed by atoms with van der Waals surface area (Å²) in [6, 6.07) is 0. The van der Waals surface area contributed by atoms with E-state index in [1.54, 1.807) is 0 Å². The van der Waals surface area contributed by atoms with Crippen LogP contribution in [-0.2, 0) is 82.7 Å². The fourth-order valence-corrected chi connectivity index (χ4v) is 4.65. The Morgan fingerprint density at radius 1 is 0.684 bits per heavy atom. The van der Waals surface area contributed by atoms with Gasteiger partial charge in [0.2, 0.25) is 0 Å². The first-order chi connectivity index (χ1) is 8.24. The summed E-state index contributed by atoms with van der Waals surface area (Å²) in [5, 5.41) is 0. The minimum Gasteiger partial charge on any atom is -0.691 e. The smallest absolute Gasteiger partial charge is 0.691 e. The van der Waals surface area contributed by atoms with E-state index >= 15 is 0 Å². The summed E-state index contributed by atoms with van der Waals surface area (Å²) in [6.07, 6.45) is 0. The maximum atomic E-state index is 4.99. The van der Waals surface area contributed by atoms with Crippen molar-refractivity contribution in [2.45, 2.75) is 27.7 Å². The second kappa shape index (κ2) is 15.2. The molecular formula is C8H20NiO4P2S4. The van der Waals surface area contributed by atoms with E-state index in [9.17, 15) is 0 Å². The summed E-state index contributed by atoms with van der Waals surface area (Å²) in [7, 11) is 0. The molecule has 0 fully saturated rings. The van der Waals surface area contributed by atoms with Crippen molar-refractivity contribution in [3.8, 4) is 0 Å². The standard InChI is InChI=1S/2C4H11O2PS2.Ni/c2*1-3-5-7(8,9)6-4-2;/h2*3-4H2,1-2H3,(H,8,9);/q;;+2/p-2. The van der Waals surface area contributed by atoms with Gasteiger partial charge in [-0.2, -0.15) is 0 Å². The molecular weight excluding hydrogens is 409 g/mol. The SMILES string of the molecule is CCOP(=S)([S-])OCC.CCOP(=S)([S-])OCC.[Ni+2]. The van der Waals surface area contributed by atoms with Gasteiger partial charge >= 0.3 is 16.5 Å². The van der Waals surface area contributed by atoms with E-state index in [0.29, 0.717) is 26.4 Å². The van der Waals surface area contributed by atoms with Crippen molar-refractivity contribution in [2.24, 2.45) is 0 Å². The fourth-order valence-electron chi connectivity index (χ4n) is 0.707. The average Bonchev–Trinajstić information content (AvgIpc) is 2.17. The number of hydrogen-bond acceptors (Lipinski definition) is 8. The van der Waals surface area contributed by atoms with Crippen LogP contribution in [0, 0.1) is 0 Å². The van der Waals surface area contributed by atoms with Crippen molar-refractivity contribution in [3.63, 3.8) is 0 Å². The maximum Gasteiger partial charge on any atom is 2.00 e. The molecule has 0 N–H and O–H groups in total. The Morgan fingerprint density at radius 3 is 0.947 bits per heavy atom.